The fourth-order valence-corrected chi connectivity index (χ4v) is 2.89. The molecular weight excluding hydrogens is 304 g/mol. The van der Waals surface area contributed by atoms with Crippen molar-refractivity contribution in [1.29, 1.82) is 0 Å². The normalized spacial score (nSPS) is 16.2. The summed E-state index contributed by atoms with van der Waals surface area (Å²) in [5.41, 5.74) is 4.49. The topological polar surface area (TPSA) is 78.8 Å². The number of anilines is 1. The molecule has 0 fully saturated rings. The molecule has 1 unspecified atom stereocenters. The zero-order chi connectivity index (χ0) is 17.1. The summed E-state index contributed by atoms with van der Waals surface area (Å²) in [5, 5.41) is 11.6. The molecule has 0 bridgehead atoms. The van der Waals surface area contributed by atoms with E-state index in [-0.39, 0.29) is 12.3 Å². The van der Waals surface area contributed by atoms with E-state index in [0.717, 1.165) is 22.4 Å². The number of carboxylic acids is 1. The molecule has 1 aliphatic heterocycles. The van der Waals surface area contributed by atoms with Crippen LogP contribution in [0.4, 0.5) is 11.4 Å². The van der Waals surface area contributed by atoms with Crippen molar-refractivity contribution in [3.05, 3.63) is 59.2 Å². The van der Waals surface area contributed by atoms with E-state index in [1.807, 2.05) is 49.4 Å². The molecule has 0 spiro atoms. The Morgan fingerprint density at radius 3 is 2.88 bits per heavy atom. The van der Waals surface area contributed by atoms with Crippen LogP contribution in [0.1, 0.15) is 29.0 Å². The minimum absolute atomic E-state index is 0.0786. The number of carbonyl (C=O) groups is 2. The van der Waals surface area contributed by atoms with Gasteiger partial charge in [0.15, 0.2) is 0 Å². The van der Waals surface area contributed by atoms with Gasteiger partial charge in [-0.1, -0.05) is 24.3 Å². The number of benzene rings is 2. The highest BCUT2D eigenvalue weighted by Crippen LogP contribution is 2.34. The molecule has 24 heavy (non-hydrogen) atoms. The summed E-state index contributed by atoms with van der Waals surface area (Å²) in [6, 6.07) is 13.2. The van der Waals surface area contributed by atoms with Crippen LogP contribution in [0.3, 0.4) is 0 Å². The van der Waals surface area contributed by atoms with Crippen molar-refractivity contribution >= 4 is 29.5 Å². The maximum atomic E-state index is 12.2. The Labute approximate surface area is 140 Å². The second-order valence-corrected chi connectivity index (χ2v) is 5.84. The summed E-state index contributed by atoms with van der Waals surface area (Å²) < 4.78 is 0. The molecule has 2 N–H and O–H groups in total. The van der Waals surface area contributed by atoms with Crippen LogP contribution in [0.25, 0.3) is 0 Å². The van der Waals surface area contributed by atoms with Gasteiger partial charge >= 0.3 is 5.97 Å². The molecule has 122 valence electrons. The number of hydrogen-bond donors (Lipinski definition) is 2. The summed E-state index contributed by atoms with van der Waals surface area (Å²) in [5.74, 6) is -1.30. The third-order valence-corrected chi connectivity index (χ3v) is 4.09. The van der Waals surface area contributed by atoms with Gasteiger partial charge in [-0.3, -0.25) is 14.6 Å². The van der Waals surface area contributed by atoms with Crippen LogP contribution in [-0.4, -0.2) is 23.2 Å². The van der Waals surface area contributed by atoms with Crippen molar-refractivity contribution in [1.82, 2.24) is 0 Å². The molecule has 1 heterocycles. The number of aryl methyl sites for hydroxylation is 2. The Kier molecular flexibility index (Phi) is 4.42. The van der Waals surface area contributed by atoms with E-state index < -0.39 is 11.9 Å². The predicted octanol–water partition coefficient (Wildman–Crippen LogP) is 3.45. The van der Waals surface area contributed by atoms with Crippen molar-refractivity contribution in [2.24, 2.45) is 4.99 Å². The van der Waals surface area contributed by atoms with Gasteiger partial charge < -0.3 is 10.4 Å². The van der Waals surface area contributed by atoms with Crippen LogP contribution in [0.2, 0.25) is 0 Å². The highest BCUT2D eigenvalue weighted by Gasteiger charge is 2.30. The molecule has 2 aromatic rings. The molecule has 5 heteroatoms. The van der Waals surface area contributed by atoms with E-state index in [4.69, 9.17) is 5.11 Å². The number of aliphatic carboxylic acids is 1. The van der Waals surface area contributed by atoms with Gasteiger partial charge in [0.2, 0.25) is 5.91 Å². The maximum Gasteiger partial charge on any atom is 0.303 e. The molecule has 1 aliphatic rings. The van der Waals surface area contributed by atoms with E-state index >= 15 is 0 Å². The molecule has 1 amide bonds. The minimum Gasteiger partial charge on any atom is -0.481 e. The van der Waals surface area contributed by atoms with Gasteiger partial charge in [-0.25, -0.2) is 0 Å². The van der Waals surface area contributed by atoms with E-state index in [0.29, 0.717) is 12.1 Å². The number of amides is 1. The van der Waals surface area contributed by atoms with Crippen molar-refractivity contribution < 1.29 is 14.7 Å². The quantitative estimate of drug-likeness (QED) is 0.828. The first kappa shape index (κ1) is 15.9. The van der Waals surface area contributed by atoms with Gasteiger partial charge in [0.1, 0.15) is 5.92 Å². The van der Waals surface area contributed by atoms with E-state index in [9.17, 15) is 9.59 Å². The van der Waals surface area contributed by atoms with Crippen molar-refractivity contribution in [3.63, 3.8) is 0 Å². The zero-order valence-corrected chi connectivity index (χ0v) is 13.3. The number of hydrogen-bond acceptors (Lipinski definition) is 3. The van der Waals surface area contributed by atoms with E-state index in [2.05, 4.69) is 10.3 Å². The van der Waals surface area contributed by atoms with Gasteiger partial charge in [0.05, 0.1) is 5.69 Å². The fraction of sp³-hybridized carbons (Fsp3) is 0.211. The second kappa shape index (κ2) is 6.66. The Balaban J connectivity index is 1.81. The average molecular weight is 322 g/mol. The predicted molar refractivity (Wildman–Crippen MR) is 93.1 cm³/mol. The third kappa shape index (κ3) is 3.35. The molecule has 5 nitrogen and oxygen atoms in total. The van der Waals surface area contributed by atoms with Gasteiger partial charge in [-0.05, 0) is 48.2 Å². The average Bonchev–Trinajstić information content (AvgIpc) is 2.88. The monoisotopic (exact) mass is 322 g/mol. The summed E-state index contributed by atoms with van der Waals surface area (Å²) in [7, 11) is 0. The largest absolute Gasteiger partial charge is 0.481 e. The maximum absolute atomic E-state index is 12.2. The zero-order valence-electron chi connectivity index (χ0n) is 13.3. The summed E-state index contributed by atoms with van der Waals surface area (Å²) in [6.45, 7) is 1.98. The number of rotatable bonds is 5. The lowest BCUT2D eigenvalue weighted by Crippen LogP contribution is -2.13. The van der Waals surface area contributed by atoms with Crippen molar-refractivity contribution in [3.8, 4) is 0 Å². The van der Waals surface area contributed by atoms with Crippen LogP contribution in [0, 0.1) is 6.92 Å². The number of nitrogens with zero attached hydrogens (tertiary/aromatic N) is 1. The molecular formula is C19H18N2O3. The molecule has 0 aliphatic carbocycles. The van der Waals surface area contributed by atoms with E-state index in [1.54, 1.807) is 6.21 Å². The Morgan fingerprint density at radius 2 is 2.08 bits per heavy atom. The molecule has 0 aromatic heterocycles. The lowest BCUT2D eigenvalue weighted by atomic mass is 9.97. The van der Waals surface area contributed by atoms with Gasteiger partial charge in [-0.15, -0.1) is 0 Å². The molecule has 1 atom stereocenters. The van der Waals surface area contributed by atoms with Gasteiger partial charge in [-0.2, -0.15) is 0 Å². The number of aliphatic imine (C=N–C) groups is 1. The van der Waals surface area contributed by atoms with E-state index in [1.165, 1.54) is 0 Å². The number of fused-ring (bicyclic) bond motifs is 1. The Hall–Kier alpha value is -2.95. The van der Waals surface area contributed by atoms with Crippen LogP contribution in [0.5, 0.6) is 0 Å². The van der Waals surface area contributed by atoms with Crippen LogP contribution >= 0.6 is 0 Å². The van der Waals surface area contributed by atoms with Crippen molar-refractivity contribution in [2.45, 2.75) is 25.7 Å². The summed E-state index contributed by atoms with van der Waals surface area (Å²) in [4.78, 5) is 27.3. The Bertz CT molecular complexity index is 827. The number of carboxylic acid groups (broad SMARTS) is 1. The highest BCUT2D eigenvalue weighted by molar-refractivity contribution is 6.13. The number of carbonyl (C=O) groups excluding carboxylic acids is 1. The lowest BCUT2D eigenvalue weighted by molar-refractivity contribution is -0.137. The van der Waals surface area contributed by atoms with Gasteiger partial charge in [0, 0.05) is 18.3 Å². The summed E-state index contributed by atoms with van der Waals surface area (Å²) in [6.07, 6.45) is 2.21. The summed E-state index contributed by atoms with van der Waals surface area (Å²) >= 11 is 0. The van der Waals surface area contributed by atoms with Crippen LogP contribution < -0.4 is 5.32 Å². The smallest absolute Gasteiger partial charge is 0.303 e. The molecule has 0 saturated carbocycles. The Morgan fingerprint density at radius 1 is 1.29 bits per heavy atom. The van der Waals surface area contributed by atoms with Gasteiger partial charge in [0.25, 0.3) is 0 Å². The SMILES string of the molecule is Cc1cccc2c1C(C=Nc1cccc(CCC(=O)O)c1)C(=O)N2. The first-order valence-corrected chi connectivity index (χ1v) is 7.80. The second-order valence-electron chi connectivity index (χ2n) is 5.84. The highest BCUT2D eigenvalue weighted by atomic mass is 16.4. The lowest BCUT2D eigenvalue weighted by Gasteiger charge is -2.06. The molecule has 0 saturated heterocycles. The number of nitrogens with one attached hydrogen (secondary N) is 1. The van der Waals surface area contributed by atoms with Crippen molar-refractivity contribution in [2.75, 3.05) is 5.32 Å². The first-order valence-electron chi connectivity index (χ1n) is 7.80. The minimum atomic E-state index is -0.821. The molecule has 3 rings (SSSR count). The first-order chi connectivity index (χ1) is 11.5. The molecule has 0 radical (unpaired) electrons. The van der Waals surface area contributed by atoms with Crippen LogP contribution in [0.15, 0.2) is 47.5 Å². The molecule has 2 aromatic carbocycles. The standard InChI is InChI=1S/C19H18N2O3/c1-12-4-2-7-16-18(12)15(19(24)21-16)11-20-14-6-3-5-13(10-14)8-9-17(22)23/h2-7,10-11,15H,8-9H2,1H3,(H,21,24)(H,22,23). The third-order valence-electron chi connectivity index (χ3n) is 4.09. The fourth-order valence-electron chi connectivity index (χ4n) is 2.89. The van der Waals surface area contributed by atoms with Crippen LogP contribution in [-0.2, 0) is 16.0 Å².